The summed E-state index contributed by atoms with van der Waals surface area (Å²) in [5.74, 6) is -0.513. The highest BCUT2D eigenvalue weighted by Crippen LogP contribution is 2.36. The molecule has 0 spiro atoms. The van der Waals surface area contributed by atoms with Crippen molar-refractivity contribution in [2.45, 2.75) is 49.2 Å². The molecule has 2 aliphatic rings. The standard InChI is InChI=1S/C12H18BrN5O5/c1-3-22-10-12(2,13)9(20)15-11(21)18(10)8-4-6(16-17-14)7(5-19)23-8/h6-8,10,19H,3-5H2,1-2H3,(H,15,20,21)/t6?,7-,8-,10+,12-/m1/s1. The van der Waals surface area contributed by atoms with Gasteiger partial charge in [0, 0.05) is 17.9 Å². The van der Waals surface area contributed by atoms with Crippen molar-refractivity contribution in [3.05, 3.63) is 10.4 Å². The largest absolute Gasteiger partial charge is 0.394 e. The molecule has 2 saturated heterocycles. The summed E-state index contributed by atoms with van der Waals surface area (Å²) in [7, 11) is 0. The van der Waals surface area contributed by atoms with E-state index in [2.05, 4.69) is 31.3 Å². The lowest BCUT2D eigenvalue weighted by Crippen LogP contribution is -2.69. The Morgan fingerprint density at radius 2 is 2.35 bits per heavy atom. The second-order valence-electron chi connectivity index (χ2n) is 5.37. The van der Waals surface area contributed by atoms with Crippen molar-refractivity contribution in [1.29, 1.82) is 0 Å². The van der Waals surface area contributed by atoms with Crippen molar-refractivity contribution in [3.63, 3.8) is 0 Å². The first kappa shape index (κ1) is 18.0. The molecule has 0 saturated carbocycles. The van der Waals surface area contributed by atoms with Crippen LogP contribution in [0.2, 0.25) is 0 Å². The van der Waals surface area contributed by atoms with Gasteiger partial charge < -0.3 is 14.6 Å². The number of carbonyl (C=O) groups excluding carboxylic acids is 2. The number of halogens is 1. The van der Waals surface area contributed by atoms with Crippen molar-refractivity contribution < 1.29 is 24.2 Å². The van der Waals surface area contributed by atoms with Crippen molar-refractivity contribution in [2.24, 2.45) is 5.11 Å². The van der Waals surface area contributed by atoms with Gasteiger partial charge in [0.1, 0.15) is 10.6 Å². The molecule has 2 heterocycles. The second-order valence-corrected chi connectivity index (χ2v) is 7.02. The van der Waals surface area contributed by atoms with Crippen LogP contribution in [0, 0.1) is 0 Å². The summed E-state index contributed by atoms with van der Waals surface area (Å²) in [6, 6.07) is -1.27. The van der Waals surface area contributed by atoms with Gasteiger partial charge in [0.15, 0.2) is 6.23 Å². The van der Waals surface area contributed by atoms with E-state index in [1.165, 1.54) is 4.90 Å². The molecule has 10 nitrogen and oxygen atoms in total. The number of azide groups is 1. The summed E-state index contributed by atoms with van der Waals surface area (Å²) in [5.41, 5.74) is 8.59. The van der Waals surface area contributed by atoms with Gasteiger partial charge in [-0.2, -0.15) is 0 Å². The zero-order chi connectivity index (χ0) is 17.2. The summed E-state index contributed by atoms with van der Waals surface area (Å²) >= 11 is 3.30. The molecule has 2 rings (SSSR count). The fourth-order valence-electron chi connectivity index (χ4n) is 2.68. The molecule has 0 bridgehead atoms. The lowest BCUT2D eigenvalue weighted by atomic mass is 10.0. The molecule has 128 valence electrons. The average molecular weight is 392 g/mol. The van der Waals surface area contributed by atoms with Gasteiger partial charge in [0.05, 0.1) is 18.8 Å². The number of nitrogens with zero attached hydrogens (tertiary/aromatic N) is 4. The molecule has 3 amide bonds. The van der Waals surface area contributed by atoms with E-state index in [4.69, 9.17) is 15.0 Å². The maximum atomic E-state index is 12.3. The lowest BCUT2D eigenvalue weighted by molar-refractivity contribution is -0.158. The molecule has 5 atom stereocenters. The lowest BCUT2D eigenvalue weighted by Gasteiger charge is -2.45. The monoisotopic (exact) mass is 391 g/mol. The van der Waals surface area contributed by atoms with Crippen molar-refractivity contribution >= 4 is 27.9 Å². The quantitative estimate of drug-likeness (QED) is 0.309. The van der Waals surface area contributed by atoms with Crippen LogP contribution in [0.1, 0.15) is 20.3 Å². The number of rotatable bonds is 5. The van der Waals surface area contributed by atoms with Crippen LogP contribution < -0.4 is 5.32 Å². The predicted octanol–water partition coefficient (Wildman–Crippen LogP) is 0.841. The molecule has 2 N–H and O–H groups in total. The topological polar surface area (TPSA) is 137 Å². The Balaban J connectivity index is 2.29. The van der Waals surface area contributed by atoms with E-state index >= 15 is 0 Å². The molecule has 0 radical (unpaired) electrons. The molecule has 1 unspecified atom stereocenters. The van der Waals surface area contributed by atoms with Crippen LogP contribution in [0.5, 0.6) is 0 Å². The number of carbonyl (C=O) groups is 2. The van der Waals surface area contributed by atoms with Crippen molar-refractivity contribution in [3.8, 4) is 0 Å². The van der Waals surface area contributed by atoms with Crippen molar-refractivity contribution in [2.75, 3.05) is 13.2 Å². The fraction of sp³-hybridized carbons (Fsp3) is 0.833. The Morgan fingerprint density at radius 3 is 2.91 bits per heavy atom. The SMILES string of the molecule is CCO[C@@H]1N([C@H]2CC(N=[N+]=[N-])[C@@H](CO)O2)C(=O)NC(=O)[C@@]1(C)Br. The maximum Gasteiger partial charge on any atom is 0.328 e. The maximum absolute atomic E-state index is 12.3. The zero-order valence-corrected chi connectivity index (χ0v) is 14.3. The van der Waals surface area contributed by atoms with Crippen LogP contribution in [0.25, 0.3) is 10.4 Å². The normalized spacial score (nSPS) is 37.5. The molecule has 0 aliphatic carbocycles. The first-order valence-corrected chi connectivity index (χ1v) is 7.90. The summed E-state index contributed by atoms with van der Waals surface area (Å²) < 4.78 is 10.0. The first-order valence-electron chi connectivity index (χ1n) is 7.11. The minimum atomic E-state index is -1.16. The van der Waals surface area contributed by atoms with Gasteiger partial charge in [-0.3, -0.25) is 15.0 Å². The number of hydrogen-bond donors (Lipinski definition) is 2. The smallest absolute Gasteiger partial charge is 0.328 e. The predicted molar refractivity (Wildman–Crippen MR) is 81.4 cm³/mol. The van der Waals surface area contributed by atoms with E-state index in [0.717, 1.165) is 0 Å². The molecule has 2 aliphatic heterocycles. The van der Waals surface area contributed by atoms with Crippen LogP contribution in [0.3, 0.4) is 0 Å². The molecule has 0 aromatic carbocycles. The number of alkyl halides is 1. The Hall–Kier alpha value is -1.39. The molecule has 0 aromatic heterocycles. The minimum absolute atomic E-state index is 0.198. The number of nitrogens with one attached hydrogen (secondary N) is 1. The highest BCUT2D eigenvalue weighted by atomic mass is 79.9. The van der Waals surface area contributed by atoms with E-state index in [1.54, 1.807) is 13.8 Å². The van der Waals surface area contributed by atoms with Gasteiger partial charge in [0.25, 0.3) is 0 Å². The van der Waals surface area contributed by atoms with E-state index in [1.807, 2.05) is 0 Å². The molecule has 2 fully saturated rings. The Morgan fingerprint density at radius 1 is 1.65 bits per heavy atom. The third-order valence-electron chi connectivity index (χ3n) is 3.83. The highest BCUT2D eigenvalue weighted by molar-refractivity contribution is 9.10. The average Bonchev–Trinajstić information content (AvgIpc) is 2.88. The van der Waals surface area contributed by atoms with E-state index in [0.29, 0.717) is 0 Å². The van der Waals surface area contributed by atoms with Crippen molar-refractivity contribution in [1.82, 2.24) is 10.2 Å². The molecule has 0 aromatic rings. The summed E-state index contributed by atoms with van der Waals surface area (Å²) in [6.07, 6.45) is -2.21. The number of amides is 3. The molecular formula is C12H18BrN5O5. The van der Waals surface area contributed by atoms with E-state index in [-0.39, 0.29) is 19.6 Å². The van der Waals surface area contributed by atoms with Crippen LogP contribution in [0.15, 0.2) is 5.11 Å². The third-order valence-corrected chi connectivity index (χ3v) is 4.59. The Bertz CT molecular complexity index is 538. The minimum Gasteiger partial charge on any atom is -0.394 e. The summed E-state index contributed by atoms with van der Waals surface area (Å²) in [4.78, 5) is 28.3. The van der Waals surface area contributed by atoms with Crippen LogP contribution in [-0.4, -0.2) is 64.1 Å². The van der Waals surface area contributed by atoms with Gasteiger partial charge >= 0.3 is 6.03 Å². The van der Waals surface area contributed by atoms with Crippen LogP contribution >= 0.6 is 15.9 Å². The highest BCUT2D eigenvalue weighted by Gasteiger charge is 2.54. The summed E-state index contributed by atoms with van der Waals surface area (Å²) in [5, 5.41) is 15.2. The van der Waals surface area contributed by atoms with Crippen LogP contribution in [-0.2, 0) is 14.3 Å². The summed E-state index contributed by atoms with van der Waals surface area (Å²) in [6.45, 7) is 3.26. The number of hydrogen-bond acceptors (Lipinski definition) is 6. The number of imide groups is 1. The van der Waals surface area contributed by atoms with Crippen LogP contribution in [0.4, 0.5) is 4.79 Å². The second kappa shape index (κ2) is 7.02. The molecule has 23 heavy (non-hydrogen) atoms. The van der Waals surface area contributed by atoms with E-state index < -0.39 is 40.9 Å². The van der Waals surface area contributed by atoms with E-state index in [9.17, 15) is 14.7 Å². The molecule has 11 heteroatoms. The van der Waals surface area contributed by atoms with Gasteiger partial charge in [-0.05, 0) is 19.4 Å². The number of urea groups is 1. The number of ether oxygens (including phenoxy) is 2. The Kier molecular flexibility index (Phi) is 5.48. The fourth-order valence-corrected chi connectivity index (χ4v) is 3.13. The number of aliphatic hydroxyl groups is 1. The zero-order valence-electron chi connectivity index (χ0n) is 12.7. The number of aliphatic hydroxyl groups excluding tert-OH is 1. The van der Waals surface area contributed by atoms with Gasteiger partial charge in [-0.25, -0.2) is 4.79 Å². The van der Waals surface area contributed by atoms with Gasteiger partial charge in [0.2, 0.25) is 5.91 Å². The molecular weight excluding hydrogens is 374 g/mol. The third kappa shape index (κ3) is 3.29. The van der Waals surface area contributed by atoms with Gasteiger partial charge in [-0.1, -0.05) is 21.0 Å². The van der Waals surface area contributed by atoms with Gasteiger partial charge in [-0.15, -0.1) is 0 Å². The Labute approximate surface area is 140 Å². The first-order chi connectivity index (χ1) is 10.9.